The van der Waals surface area contributed by atoms with Crippen LogP contribution in [-0.4, -0.2) is 33.0 Å². The van der Waals surface area contributed by atoms with Crippen molar-refractivity contribution in [3.05, 3.63) is 29.3 Å². The summed E-state index contributed by atoms with van der Waals surface area (Å²) in [7, 11) is -3.57. The van der Waals surface area contributed by atoms with Gasteiger partial charge in [-0.05, 0) is 43.9 Å². The van der Waals surface area contributed by atoms with E-state index in [1.807, 2.05) is 0 Å². The highest BCUT2D eigenvalue weighted by molar-refractivity contribution is 7.89. The van der Waals surface area contributed by atoms with Crippen LogP contribution >= 0.6 is 0 Å². The summed E-state index contributed by atoms with van der Waals surface area (Å²) in [5, 5.41) is 2.91. The van der Waals surface area contributed by atoms with Crippen LogP contribution in [0, 0.1) is 6.92 Å². The first-order valence-electron chi connectivity index (χ1n) is 8.51. The number of amides is 1. The SMILES string of the molecule is CCCCC(CN)NC(=O)c1cc(S(=O)(=O)NC2CC2)ccc1C. The van der Waals surface area contributed by atoms with Crippen LogP contribution in [0.3, 0.4) is 0 Å². The van der Waals surface area contributed by atoms with Gasteiger partial charge in [0.1, 0.15) is 0 Å². The minimum absolute atomic E-state index is 0.0317. The van der Waals surface area contributed by atoms with Gasteiger partial charge in [0.2, 0.25) is 10.0 Å². The van der Waals surface area contributed by atoms with Gasteiger partial charge >= 0.3 is 0 Å². The maximum absolute atomic E-state index is 12.5. The highest BCUT2D eigenvalue weighted by Crippen LogP contribution is 2.23. The molecular formula is C17H27N3O3S. The van der Waals surface area contributed by atoms with E-state index in [-0.39, 0.29) is 22.9 Å². The molecule has 0 heterocycles. The van der Waals surface area contributed by atoms with Crippen LogP contribution in [0.5, 0.6) is 0 Å². The van der Waals surface area contributed by atoms with Gasteiger partial charge in [0, 0.05) is 24.2 Å². The molecule has 6 nitrogen and oxygen atoms in total. The van der Waals surface area contributed by atoms with E-state index in [2.05, 4.69) is 17.0 Å². The first-order valence-corrected chi connectivity index (χ1v) is 9.99. The van der Waals surface area contributed by atoms with Crippen LogP contribution < -0.4 is 15.8 Å². The van der Waals surface area contributed by atoms with E-state index in [9.17, 15) is 13.2 Å². The molecule has 24 heavy (non-hydrogen) atoms. The minimum Gasteiger partial charge on any atom is -0.348 e. The molecule has 0 bridgehead atoms. The fourth-order valence-corrected chi connectivity index (χ4v) is 3.79. The predicted molar refractivity (Wildman–Crippen MR) is 94.4 cm³/mol. The van der Waals surface area contributed by atoms with E-state index >= 15 is 0 Å². The Bertz CT molecular complexity index is 684. The highest BCUT2D eigenvalue weighted by atomic mass is 32.2. The molecule has 0 aromatic heterocycles. The van der Waals surface area contributed by atoms with Crippen LogP contribution in [0.1, 0.15) is 54.9 Å². The molecule has 2 rings (SSSR count). The number of unbranched alkanes of at least 4 members (excludes halogenated alkanes) is 1. The number of nitrogens with one attached hydrogen (secondary N) is 2. The Hall–Kier alpha value is -1.44. The molecular weight excluding hydrogens is 326 g/mol. The molecule has 1 aliphatic rings. The topological polar surface area (TPSA) is 101 Å². The number of hydrogen-bond acceptors (Lipinski definition) is 4. The normalized spacial score (nSPS) is 16.0. The van der Waals surface area contributed by atoms with E-state index in [4.69, 9.17) is 5.73 Å². The van der Waals surface area contributed by atoms with Crippen molar-refractivity contribution in [2.24, 2.45) is 5.73 Å². The fraction of sp³-hybridized carbons (Fsp3) is 0.588. The van der Waals surface area contributed by atoms with E-state index in [0.717, 1.165) is 37.7 Å². The molecule has 1 saturated carbocycles. The van der Waals surface area contributed by atoms with Crippen LogP contribution in [0.4, 0.5) is 0 Å². The van der Waals surface area contributed by atoms with Gasteiger partial charge in [0.15, 0.2) is 0 Å². The first-order chi connectivity index (χ1) is 11.4. The number of carbonyl (C=O) groups excluding carboxylic acids is 1. The number of nitrogens with two attached hydrogens (primary N) is 1. The summed E-state index contributed by atoms with van der Waals surface area (Å²) in [6.07, 6.45) is 4.58. The van der Waals surface area contributed by atoms with Gasteiger partial charge in [-0.25, -0.2) is 13.1 Å². The molecule has 0 spiro atoms. The van der Waals surface area contributed by atoms with Gasteiger partial charge in [-0.15, -0.1) is 0 Å². The van der Waals surface area contributed by atoms with Crippen molar-refractivity contribution in [3.8, 4) is 0 Å². The lowest BCUT2D eigenvalue weighted by Crippen LogP contribution is -2.40. The smallest absolute Gasteiger partial charge is 0.251 e. The predicted octanol–water partition coefficient (Wildman–Crippen LogP) is 1.68. The lowest BCUT2D eigenvalue weighted by atomic mass is 10.1. The minimum atomic E-state index is -3.57. The number of carbonyl (C=O) groups is 1. The molecule has 1 aromatic carbocycles. The molecule has 1 amide bonds. The van der Waals surface area contributed by atoms with Crippen molar-refractivity contribution >= 4 is 15.9 Å². The van der Waals surface area contributed by atoms with Gasteiger partial charge in [0.05, 0.1) is 4.90 Å². The third-order valence-electron chi connectivity index (χ3n) is 4.19. The Morgan fingerprint density at radius 2 is 2.08 bits per heavy atom. The van der Waals surface area contributed by atoms with Gasteiger partial charge < -0.3 is 11.1 Å². The summed E-state index contributed by atoms with van der Waals surface area (Å²) in [4.78, 5) is 12.7. The molecule has 1 atom stereocenters. The standard InChI is InChI=1S/C17H27N3O3S/c1-3-4-5-14(11-18)19-17(21)16-10-15(9-6-12(16)2)24(22,23)20-13-7-8-13/h6,9-10,13-14,20H,3-5,7-8,11,18H2,1-2H3,(H,19,21). The lowest BCUT2D eigenvalue weighted by molar-refractivity contribution is 0.0935. The molecule has 1 aromatic rings. The number of aryl methyl sites for hydroxylation is 1. The number of benzene rings is 1. The van der Waals surface area contributed by atoms with Crippen molar-refractivity contribution < 1.29 is 13.2 Å². The van der Waals surface area contributed by atoms with E-state index in [1.165, 1.54) is 12.1 Å². The van der Waals surface area contributed by atoms with Crippen molar-refractivity contribution in [3.63, 3.8) is 0 Å². The van der Waals surface area contributed by atoms with Gasteiger partial charge in [-0.3, -0.25) is 4.79 Å². The van der Waals surface area contributed by atoms with Gasteiger partial charge in [-0.1, -0.05) is 25.8 Å². The lowest BCUT2D eigenvalue weighted by Gasteiger charge is -2.18. The number of hydrogen-bond donors (Lipinski definition) is 3. The maximum Gasteiger partial charge on any atom is 0.251 e. The van der Waals surface area contributed by atoms with Crippen LogP contribution in [-0.2, 0) is 10.0 Å². The molecule has 0 saturated heterocycles. The quantitative estimate of drug-likeness (QED) is 0.629. The van der Waals surface area contributed by atoms with Crippen LogP contribution in [0.25, 0.3) is 0 Å². The zero-order valence-corrected chi connectivity index (χ0v) is 15.2. The monoisotopic (exact) mass is 353 g/mol. The second-order valence-electron chi connectivity index (χ2n) is 6.42. The Balaban J connectivity index is 2.16. The summed E-state index contributed by atoms with van der Waals surface area (Å²) in [6, 6.07) is 4.59. The highest BCUT2D eigenvalue weighted by Gasteiger charge is 2.28. The maximum atomic E-state index is 12.5. The van der Waals surface area contributed by atoms with Crippen molar-refractivity contribution in [1.29, 1.82) is 0 Å². The van der Waals surface area contributed by atoms with Crippen molar-refractivity contribution in [1.82, 2.24) is 10.0 Å². The molecule has 1 fully saturated rings. The molecule has 4 N–H and O–H groups in total. The van der Waals surface area contributed by atoms with E-state index < -0.39 is 10.0 Å². The number of rotatable bonds is 9. The second-order valence-corrected chi connectivity index (χ2v) is 8.13. The summed E-state index contributed by atoms with van der Waals surface area (Å²) in [5.41, 5.74) is 6.84. The average Bonchev–Trinajstić information content (AvgIpc) is 3.34. The molecule has 0 aliphatic heterocycles. The van der Waals surface area contributed by atoms with Gasteiger partial charge in [-0.2, -0.15) is 0 Å². The Labute approximate surface area is 144 Å². The van der Waals surface area contributed by atoms with E-state index in [1.54, 1.807) is 13.0 Å². The van der Waals surface area contributed by atoms with Crippen molar-refractivity contribution in [2.75, 3.05) is 6.54 Å². The molecule has 7 heteroatoms. The largest absolute Gasteiger partial charge is 0.348 e. The Kier molecular flexibility index (Phi) is 6.37. The summed E-state index contributed by atoms with van der Waals surface area (Å²) >= 11 is 0. The van der Waals surface area contributed by atoms with Crippen LogP contribution in [0.15, 0.2) is 23.1 Å². The fourth-order valence-electron chi connectivity index (χ4n) is 2.46. The summed E-state index contributed by atoms with van der Waals surface area (Å²) in [5.74, 6) is -0.275. The molecule has 1 aliphatic carbocycles. The summed E-state index contributed by atoms with van der Waals surface area (Å²) < 4.78 is 27.3. The third-order valence-corrected chi connectivity index (χ3v) is 5.71. The molecule has 134 valence electrons. The zero-order valence-electron chi connectivity index (χ0n) is 14.3. The van der Waals surface area contributed by atoms with Crippen LogP contribution in [0.2, 0.25) is 0 Å². The van der Waals surface area contributed by atoms with Crippen molar-refractivity contribution in [2.45, 2.75) is 62.9 Å². The Morgan fingerprint density at radius 1 is 1.38 bits per heavy atom. The summed E-state index contributed by atoms with van der Waals surface area (Å²) in [6.45, 7) is 4.25. The molecule has 1 unspecified atom stereocenters. The Morgan fingerprint density at radius 3 is 2.67 bits per heavy atom. The first kappa shape index (κ1) is 18.9. The zero-order chi connectivity index (χ0) is 17.7. The molecule has 0 radical (unpaired) electrons. The third kappa shape index (κ3) is 5.03. The van der Waals surface area contributed by atoms with E-state index in [0.29, 0.717) is 12.1 Å². The number of sulfonamides is 1. The van der Waals surface area contributed by atoms with Gasteiger partial charge in [0.25, 0.3) is 5.91 Å². The average molecular weight is 353 g/mol. The second kappa shape index (κ2) is 8.09.